The van der Waals surface area contributed by atoms with Crippen LogP contribution in [0.1, 0.15) is 16.8 Å². The summed E-state index contributed by atoms with van der Waals surface area (Å²) in [5.41, 5.74) is 7.17. The van der Waals surface area contributed by atoms with Crippen LogP contribution in [0.25, 0.3) is 22.3 Å². The number of aliphatic carboxylic acids is 1. The number of nitrogens with zero attached hydrogens (tertiary/aromatic N) is 4. The van der Waals surface area contributed by atoms with Gasteiger partial charge >= 0.3 is 12.1 Å². The molecule has 0 fully saturated rings. The Morgan fingerprint density at radius 1 is 1.21 bits per heavy atom. The average Bonchev–Trinajstić information content (AvgIpc) is 3.46. The molecule has 0 saturated carbocycles. The van der Waals surface area contributed by atoms with Gasteiger partial charge in [-0.2, -0.15) is 18.3 Å². The highest BCUT2D eigenvalue weighted by atomic mass is 19.4. The number of hydrogen-bond acceptors (Lipinski definition) is 7. The lowest BCUT2D eigenvalue weighted by Gasteiger charge is -2.27. The highest BCUT2D eigenvalue weighted by molar-refractivity contribution is 5.76. The maximum atomic E-state index is 10.6. The Hall–Kier alpha value is -3.93. The summed E-state index contributed by atoms with van der Waals surface area (Å²) in [6, 6.07) is 14.0. The van der Waals surface area contributed by atoms with Crippen LogP contribution in [-0.4, -0.2) is 56.3 Å². The number of alkyl halides is 3. The third kappa shape index (κ3) is 4.86. The maximum absolute atomic E-state index is 10.6. The number of benzene rings is 2. The van der Waals surface area contributed by atoms with Crippen molar-refractivity contribution in [3.8, 4) is 17.0 Å². The summed E-state index contributed by atoms with van der Waals surface area (Å²) < 4.78 is 42.2. The van der Waals surface area contributed by atoms with Gasteiger partial charge in [0.15, 0.2) is 0 Å². The summed E-state index contributed by atoms with van der Waals surface area (Å²) in [5, 5.41) is 22.9. The Bertz CT molecular complexity index is 1300. The molecule has 2 aromatic carbocycles. The largest absolute Gasteiger partial charge is 0.496 e. The third-order valence-electron chi connectivity index (χ3n) is 5.38. The van der Waals surface area contributed by atoms with Gasteiger partial charge in [0, 0.05) is 42.9 Å². The summed E-state index contributed by atoms with van der Waals surface area (Å²) in [5.74, 6) is -1.92. The first-order chi connectivity index (χ1) is 16.3. The fourth-order valence-electron chi connectivity index (χ4n) is 3.78. The highest BCUT2D eigenvalue weighted by Crippen LogP contribution is 2.34. The number of aromatic amines is 1. The van der Waals surface area contributed by atoms with Crippen molar-refractivity contribution < 1.29 is 32.4 Å². The van der Waals surface area contributed by atoms with Crippen LogP contribution in [0.4, 0.5) is 13.2 Å². The molecular weight excluding hydrogens is 455 g/mol. The minimum absolute atomic E-state index is 0.793. The van der Waals surface area contributed by atoms with Gasteiger partial charge in [-0.25, -0.2) is 9.42 Å². The van der Waals surface area contributed by atoms with Crippen molar-refractivity contribution in [3.63, 3.8) is 0 Å². The lowest BCUT2D eigenvalue weighted by Crippen LogP contribution is -2.30. The van der Waals surface area contributed by atoms with Gasteiger partial charge in [-0.05, 0) is 34.1 Å². The van der Waals surface area contributed by atoms with Crippen LogP contribution in [0.2, 0.25) is 0 Å². The van der Waals surface area contributed by atoms with Crippen molar-refractivity contribution in [3.05, 3.63) is 59.3 Å². The molecule has 0 aliphatic carbocycles. The molecule has 0 saturated heterocycles. The molecule has 0 radical (unpaired) electrons. The number of fused-ring (bicyclic) bond motifs is 2. The van der Waals surface area contributed by atoms with Crippen molar-refractivity contribution in [1.82, 2.24) is 25.4 Å². The molecule has 1 aliphatic rings. The second kappa shape index (κ2) is 9.51. The molecule has 0 unspecified atom stereocenters. The van der Waals surface area contributed by atoms with E-state index in [1.807, 2.05) is 30.3 Å². The molecule has 5 rings (SSSR count). The van der Waals surface area contributed by atoms with E-state index in [0.717, 1.165) is 59.7 Å². The molecule has 3 heterocycles. The molecule has 9 nitrogen and oxygen atoms in total. The second-order valence-electron chi connectivity index (χ2n) is 7.54. The summed E-state index contributed by atoms with van der Waals surface area (Å²) in [7, 11) is 1.69. The van der Waals surface area contributed by atoms with Crippen molar-refractivity contribution in [2.75, 3.05) is 13.7 Å². The van der Waals surface area contributed by atoms with Gasteiger partial charge in [0.2, 0.25) is 0 Å². The number of methoxy groups -OCH3 is 1. The van der Waals surface area contributed by atoms with Crippen LogP contribution in [0.3, 0.4) is 0 Å². The molecule has 0 atom stereocenters. The molecule has 4 aromatic rings. The standard InChI is InChI=1S/C20H19N5O2.C2HF3O2/c1-26-18-8-3-2-6-14(18)20-15-12-25(10-9-16(15)21-22-20)11-13-5-4-7-17-19(13)24-27-23-17;3-2(4,5)1(6)7/h2-8H,9-12H2,1H3,(H,21,22);(H,6,7). The van der Waals surface area contributed by atoms with Gasteiger partial charge in [-0.1, -0.05) is 24.3 Å². The minimum atomic E-state index is -5.08. The molecule has 12 heteroatoms. The number of halogens is 3. The normalized spacial score (nSPS) is 13.8. The zero-order valence-electron chi connectivity index (χ0n) is 18.0. The van der Waals surface area contributed by atoms with Crippen LogP contribution in [-0.2, 0) is 24.3 Å². The number of ether oxygens (including phenoxy) is 1. The van der Waals surface area contributed by atoms with Gasteiger partial charge < -0.3 is 9.84 Å². The van der Waals surface area contributed by atoms with E-state index < -0.39 is 12.1 Å². The van der Waals surface area contributed by atoms with Crippen LogP contribution >= 0.6 is 0 Å². The predicted octanol–water partition coefficient (Wildman–Crippen LogP) is 3.81. The molecule has 1 aliphatic heterocycles. The van der Waals surface area contributed by atoms with Crippen molar-refractivity contribution in [2.45, 2.75) is 25.7 Å². The number of nitrogens with one attached hydrogen (secondary N) is 1. The minimum Gasteiger partial charge on any atom is -0.496 e. The van der Waals surface area contributed by atoms with Gasteiger partial charge in [-0.15, -0.1) is 0 Å². The fraction of sp³-hybridized carbons (Fsp3) is 0.273. The molecule has 0 bridgehead atoms. The molecule has 0 amide bonds. The zero-order valence-corrected chi connectivity index (χ0v) is 18.0. The fourth-order valence-corrected chi connectivity index (χ4v) is 3.78. The summed E-state index contributed by atoms with van der Waals surface area (Å²) in [6.07, 6.45) is -4.15. The summed E-state index contributed by atoms with van der Waals surface area (Å²) >= 11 is 0. The van der Waals surface area contributed by atoms with Crippen LogP contribution in [0.15, 0.2) is 47.1 Å². The molecule has 34 heavy (non-hydrogen) atoms. The van der Waals surface area contributed by atoms with Crippen LogP contribution in [0.5, 0.6) is 5.75 Å². The first kappa shape index (κ1) is 23.2. The van der Waals surface area contributed by atoms with Gasteiger partial charge in [0.1, 0.15) is 22.5 Å². The lowest BCUT2D eigenvalue weighted by molar-refractivity contribution is -0.192. The number of hydrogen-bond donors (Lipinski definition) is 2. The van der Waals surface area contributed by atoms with E-state index in [0.29, 0.717) is 0 Å². The Morgan fingerprint density at radius 2 is 1.97 bits per heavy atom. The van der Waals surface area contributed by atoms with E-state index in [-0.39, 0.29) is 0 Å². The Morgan fingerprint density at radius 3 is 2.71 bits per heavy atom. The number of para-hydroxylation sites is 1. The van der Waals surface area contributed by atoms with Crippen LogP contribution in [0, 0.1) is 0 Å². The average molecular weight is 475 g/mol. The summed E-state index contributed by atoms with van der Waals surface area (Å²) in [6.45, 7) is 2.57. The molecular formula is C22H20F3N5O4. The van der Waals surface area contributed by atoms with Gasteiger partial charge in [-0.3, -0.25) is 10.00 Å². The Kier molecular flexibility index (Phi) is 6.50. The van der Waals surface area contributed by atoms with E-state index in [2.05, 4.69) is 37.5 Å². The number of rotatable bonds is 4. The first-order valence-corrected chi connectivity index (χ1v) is 10.2. The number of carboxylic acids is 1. The molecule has 178 valence electrons. The highest BCUT2D eigenvalue weighted by Gasteiger charge is 2.38. The number of aromatic nitrogens is 4. The zero-order chi connectivity index (χ0) is 24.3. The SMILES string of the molecule is COc1ccccc1-c1n[nH]c2c1CN(Cc1cccc3nonc13)CC2.O=C(O)C(F)(F)F. The van der Waals surface area contributed by atoms with Gasteiger partial charge in [0.05, 0.1) is 7.11 Å². The van der Waals surface area contributed by atoms with Gasteiger partial charge in [0.25, 0.3) is 0 Å². The lowest BCUT2D eigenvalue weighted by atomic mass is 10.00. The van der Waals surface area contributed by atoms with E-state index >= 15 is 0 Å². The Labute approximate surface area is 191 Å². The van der Waals surface area contributed by atoms with E-state index in [1.54, 1.807) is 7.11 Å². The predicted molar refractivity (Wildman–Crippen MR) is 114 cm³/mol. The maximum Gasteiger partial charge on any atom is 0.490 e. The number of carbonyl (C=O) groups is 1. The summed E-state index contributed by atoms with van der Waals surface area (Å²) in [4.78, 5) is 11.3. The van der Waals surface area contributed by atoms with Crippen LogP contribution < -0.4 is 4.74 Å². The molecule has 2 aromatic heterocycles. The van der Waals surface area contributed by atoms with Crippen molar-refractivity contribution >= 4 is 17.0 Å². The monoisotopic (exact) mass is 475 g/mol. The second-order valence-corrected chi connectivity index (χ2v) is 7.54. The van der Waals surface area contributed by atoms with E-state index in [1.165, 1.54) is 11.3 Å². The smallest absolute Gasteiger partial charge is 0.490 e. The number of H-pyrrole nitrogens is 1. The Balaban J connectivity index is 0.000000344. The third-order valence-corrected chi connectivity index (χ3v) is 5.38. The quantitative estimate of drug-likeness (QED) is 0.458. The van der Waals surface area contributed by atoms with Crippen molar-refractivity contribution in [2.24, 2.45) is 0 Å². The molecule has 2 N–H and O–H groups in total. The number of carboxylic acid groups (broad SMARTS) is 1. The first-order valence-electron chi connectivity index (χ1n) is 10.2. The topological polar surface area (TPSA) is 117 Å². The van der Waals surface area contributed by atoms with E-state index in [9.17, 15) is 13.2 Å². The van der Waals surface area contributed by atoms with E-state index in [4.69, 9.17) is 19.3 Å². The van der Waals surface area contributed by atoms with Crippen molar-refractivity contribution in [1.29, 1.82) is 0 Å². The molecule has 0 spiro atoms.